The molecule has 2 heterocycles. The number of aryl methyl sites for hydroxylation is 1. The number of carbonyl (C=O) groups excluding carboxylic acids is 1. The number of rotatable bonds is 2. The number of carbonyl (C=O) groups is 1. The van der Waals surface area contributed by atoms with Crippen LogP contribution in [0.2, 0.25) is 0 Å². The van der Waals surface area contributed by atoms with E-state index in [1.54, 1.807) is 5.01 Å². The standard InChI is InChI=1S/C23H23F2N3OS/c24-17-7-8-20(25)18(14-17)21-27-28(22(29)16-9-12-26-13-10-16)23(30-21)11-3-5-15-4-1-2-6-19(15)23/h1-2,4,6-8,14,16,26H,3,5,9-13H2. The lowest BCUT2D eigenvalue weighted by molar-refractivity contribution is -0.140. The highest BCUT2D eigenvalue weighted by Crippen LogP contribution is 2.54. The van der Waals surface area contributed by atoms with E-state index in [-0.39, 0.29) is 17.4 Å². The Hall–Kier alpha value is -2.25. The summed E-state index contributed by atoms with van der Waals surface area (Å²) in [6.07, 6.45) is 4.11. The number of hydrogen-bond acceptors (Lipinski definition) is 4. The third kappa shape index (κ3) is 3.24. The van der Waals surface area contributed by atoms with Crippen molar-refractivity contribution in [2.45, 2.75) is 37.0 Å². The van der Waals surface area contributed by atoms with E-state index in [2.05, 4.69) is 16.5 Å². The van der Waals surface area contributed by atoms with E-state index >= 15 is 0 Å². The Morgan fingerprint density at radius 2 is 1.97 bits per heavy atom. The smallest absolute Gasteiger partial charge is 0.247 e. The Morgan fingerprint density at radius 3 is 2.80 bits per heavy atom. The molecular formula is C23H23F2N3OS. The van der Waals surface area contributed by atoms with Crippen LogP contribution in [-0.4, -0.2) is 29.0 Å². The quantitative estimate of drug-likeness (QED) is 0.773. The van der Waals surface area contributed by atoms with Gasteiger partial charge in [-0.25, -0.2) is 13.8 Å². The molecule has 0 radical (unpaired) electrons. The Bertz CT molecular complexity index is 1020. The summed E-state index contributed by atoms with van der Waals surface area (Å²) in [5, 5.41) is 9.91. The molecule has 1 aliphatic carbocycles. The molecule has 4 nitrogen and oxygen atoms in total. The first kappa shape index (κ1) is 19.7. The van der Waals surface area contributed by atoms with Crippen LogP contribution in [0.25, 0.3) is 0 Å². The van der Waals surface area contributed by atoms with Crippen LogP contribution in [0.3, 0.4) is 0 Å². The SMILES string of the molecule is O=C(C1CCNCC1)N1N=C(c2cc(F)ccc2F)SC12CCCc1ccccc12. The topological polar surface area (TPSA) is 44.7 Å². The van der Waals surface area contributed by atoms with E-state index in [0.717, 1.165) is 62.9 Å². The molecular weight excluding hydrogens is 404 g/mol. The lowest BCUT2D eigenvalue weighted by Gasteiger charge is -2.41. The Morgan fingerprint density at radius 1 is 1.17 bits per heavy atom. The number of piperidine rings is 1. The number of amides is 1. The van der Waals surface area contributed by atoms with Gasteiger partial charge >= 0.3 is 0 Å². The zero-order valence-corrected chi connectivity index (χ0v) is 17.4. The highest BCUT2D eigenvalue weighted by atomic mass is 32.2. The van der Waals surface area contributed by atoms with E-state index in [9.17, 15) is 13.6 Å². The molecule has 1 amide bonds. The number of hydrazone groups is 1. The van der Waals surface area contributed by atoms with Crippen molar-refractivity contribution in [2.75, 3.05) is 13.1 Å². The molecule has 1 unspecified atom stereocenters. The third-order valence-electron chi connectivity index (χ3n) is 6.25. The largest absolute Gasteiger partial charge is 0.317 e. The van der Waals surface area contributed by atoms with Crippen molar-refractivity contribution in [3.8, 4) is 0 Å². The second-order valence-electron chi connectivity index (χ2n) is 8.10. The van der Waals surface area contributed by atoms with E-state index in [1.807, 2.05) is 18.2 Å². The van der Waals surface area contributed by atoms with Crippen molar-refractivity contribution in [1.82, 2.24) is 10.3 Å². The third-order valence-corrected chi connectivity index (χ3v) is 7.68. The van der Waals surface area contributed by atoms with Crippen LogP contribution in [-0.2, 0) is 16.1 Å². The first-order valence-corrected chi connectivity index (χ1v) is 11.3. The second kappa shape index (κ2) is 7.78. The van der Waals surface area contributed by atoms with Crippen molar-refractivity contribution in [3.05, 3.63) is 70.8 Å². The molecule has 156 valence electrons. The lowest BCUT2D eigenvalue weighted by Crippen LogP contribution is -2.47. The molecule has 0 saturated carbocycles. The molecule has 3 aliphatic rings. The summed E-state index contributed by atoms with van der Waals surface area (Å²) in [6, 6.07) is 11.5. The molecule has 1 atom stereocenters. The molecule has 1 spiro atoms. The number of thioether (sulfide) groups is 1. The van der Waals surface area contributed by atoms with E-state index in [4.69, 9.17) is 0 Å². The molecule has 0 bridgehead atoms. The molecule has 7 heteroatoms. The average molecular weight is 428 g/mol. The summed E-state index contributed by atoms with van der Waals surface area (Å²) in [5.41, 5.74) is 2.36. The Balaban J connectivity index is 1.62. The van der Waals surface area contributed by atoms with Crippen LogP contribution < -0.4 is 5.32 Å². The first-order chi connectivity index (χ1) is 14.6. The van der Waals surface area contributed by atoms with E-state index in [0.29, 0.717) is 5.04 Å². The maximum Gasteiger partial charge on any atom is 0.247 e. The van der Waals surface area contributed by atoms with Crippen LogP contribution in [0, 0.1) is 17.6 Å². The number of fused-ring (bicyclic) bond motifs is 2. The molecule has 1 N–H and O–H groups in total. The fraction of sp³-hybridized carbons (Fsp3) is 0.391. The Labute approximate surface area is 178 Å². The fourth-order valence-corrected chi connectivity index (χ4v) is 6.21. The van der Waals surface area contributed by atoms with Crippen molar-refractivity contribution in [3.63, 3.8) is 0 Å². The van der Waals surface area contributed by atoms with Gasteiger partial charge in [-0.05, 0) is 74.5 Å². The van der Waals surface area contributed by atoms with Crippen LogP contribution in [0.1, 0.15) is 42.4 Å². The van der Waals surface area contributed by atoms with E-state index in [1.165, 1.54) is 23.4 Å². The summed E-state index contributed by atoms with van der Waals surface area (Å²) < 4.78 is 28.5. The van der Waals surface area contributed by atoms with Crippen LogP contribution >= 0.6 is 11.8 Å². The van der Waals surface area contributed by atoms with Crippen molar-refractivity contribution < 1.29 is 13.6 Å². The number of nitrogens with one attached hydrogen (secondary N) is 1. The molecule has 0 aromatic heterocycles. The van der Waals surface area contributed by atoms with Crippen molar-refractivity contribution >= 4 is 22.7 Å². The van der Waals surface area contributed by atoms with Gasteiger partial charge in [0, 0.05) is 11.5 Å². The summed E-state index contributed by atoms with van der Waals surface area (Å²) >= 11 is 1.39. The molecule has 2 aliphatic heterocycles. The van der Waals surface area contributed by atoms with Gasteiger partial charge in [-0.1, -0.05) is 36.0 Å². The van der Waals surface area contributed by atoms with Gasteiger partial charge in [-0.15, -0.1) is 0 Å². The normalized spacial score (nSPS) is 24.1. The fourth-order valence-electron chi connectivity index (χ4n) is 4.73. The number of hydrogen-bond donors (Lipinski definition) is 1. The highest BCUT2D eigenvalue weighted by Gasteiger charge is 2.51. The van der Waals surface area contributed by atoms with Gasteiger partial charge < -0.3 is 5.32 Å². The van der Waals surface area contributed by atoms with Crippen LogP contribution in [0.5, 0.6) is 0 Å². The summed E-state index contributed by atoms with van der Waals surface area (Å²) in [7, 11) is 0. The minimum absolute atomic E-state index is 0.0208. The van der Waals surface area contributed by atoms with E-state index < -0.39 is 16.5 Å². The Kier molecular flexibility index (Phi) is 5.11. The van der Waals surface area contributed by atoms with Gasteiger partial charge in [0.15, 0.2) is 0 Å². The van der Waals surface area contributed by atoms with Crippen LogP contribution in [0.15, 0.2) is 47.6 Å². The second-order valence-corrected chi connectivity index (χ2v) is 9.37. The molecule has 2 aromatic carbocycles. The van der Waals surface area contributed by atoms with Gasteiger partial charge in [0.05, 0.1) is 0 Å². The monoisotopic (exact) mass is 427 g/mol. The molecule has 2 aromatic rings. The predicted octanol–water partition coefficient (Wildman–Crippen LogP) is 4.39. The zero-order valence-electron chi connectivity index (χ0n) is 16.5. The maximum atomic E-state index is 14.6. The van der Waals surface area contributed by atoms with Crippen LogP contribution in [0.4, 0.5) is 8.78 Å². The van der Waals surface area contributed by atoms with Crippen molar-refractivity contribution in [2.24, 2.45) is 11.0 Å². The first-order valence-electron chi connectivity index (χ1n) is 10.4. The maximum absolute atomic E-state index is 14.6. The van der Waals surface area contributed by atoms with Gasteiger partial charge in [0.1, 0.15) is 21.5 Å². The average Bonchev–Trinajstić information content (AvgIpc) is 3.15. The molecule has 30 heavy (non-hydrogen) atoms. The summed E-state index contributed by atoms with van der Waals surface area (Å²) in [5.74, 6) is -1.18. The van der Waals surface area contributed by atoms with Gasteiger partial charge in [0.2, 0.25) is 5.91 Å². The minimum Gasteiger partial charge on any atom is -0.317 e. The molecule has 1 fully saturated rings. The minimum atomic E-state index is -0.703. The number of nitrogens with zero attached hydrogens (tertiary/aromatic N) is 2. The number of benzene rings is 2. The predicted molar refractivity (Wildman–Crippen MR) is 114 cm³/mol. The summed E-state index contributed by atoms with van der Waals surface area (Å²) in [4.78, 5) is 12.9. The molecule has 1 saturated heterocycles. The lowest BCUT2D eigenvalue weighted by atomic mass is 9.85. The highest BCUT2D eigenvalue weighted by molar-refractivity contribution is 8.15. The van der Waals surface area contributed by atoms with Gasteiger partial charge in [-0.2, -0.15) is 5.10 Å². The van der Waals surface area contributed by atoms with Gasteiger partial charge in [0.25, 0.3) is 0 Å². The van der Waals surface area contributed by atoms with Crippen molar-refractivity contribution in [1.29, 1.82) is 0 Å². The zero-order chi connectivity index (χ0) is 20.7. The summed E-state index contributed by atoms with van der Waals surface area (Å²) in [6.45, 7) is 1.60. The molecule has 5 rings (SSSR count). The number of halogens is 2. The van der Waals surface area contributed by atoms with Gasteiger partial charge in [-0.3, -0.25) is 4.79 Å².